The van der Waals surface area contributed by atoms with E-state index >= 15 is 0 Å². The molecule has 0 radical (unpaired) electrons. The molecule has 0 unspecified atom stereocenters. The number of halogens is 1. The highest BCUT2D eigenvalue weighted by molar-refractivity contribution is 7.89. The molecule has 1 aliphatic heterocycles. The van der Waals surface area contributed by atoms with Crippen molar-refractivity contribution in [3.63, 3.8) is 0 Å². The van der Waals surface area contributed by atoms with Gasteiger partial charge in [0.15, 0.2) is 0 Å². The number of benzene rings is 2. The molecule has 1 fully saturated rings. The summed E-state index contributed by atoms with van der Waals surface area (Å²) in [6.45, 7) is 2.10. The second-order valence-electron chi connectivity index (χ2n) is 7.25. The maximum Gasteiger partial charge on any atom is 0.252 e. The third-order valence-corrected chi connectivity index (χ3v) is 7.25. The number of hydrogen-bond donors (Lipinski definition) is 1. The molecule has 30 heavy (non-hydrogen) atoms. The number of carbonyl (C=O) groups excluding carboxylic acids is 1. The normalized spacial score (nSPS) is 15.5. The van der Waals surface area contributed by atoms with Crippen LogP contribution in [-0.2, 0) is 21.4 Å². The summed E-state index contributed by atoms with van der Waals surface area (Å²) in [5.74, 6) is -0.420. The minimum absolute atomic E-state index is 0.0966. The molecule has 0 aliphatic carbocycles. The van der Waals surface area contributed by atoms with E-state index < -0.39 is 15.9 Å². The fourth-order valence-corrected chi connectivity index (χ4v) is 5.11. The van der Waals surface area contributed by atoms with Crippen molar-refractivity contribution < 1.29 is 17.9 Å². The van der Waals surface area contributed by atoms with Gasteiger partial charge in [-0.25, -0.2) is 8.42 Å². The third-order valence-electron chi connectivity index (χ3n) is 5.03. The van der Waals surface area contributed by atoms with Crippen LogP contribution in [0.15, 0.2) is 53.4 Å². The van der Waals surface area contributed by atoms with Crippen molar-refractivity contribution in [2.24, 2.45) is 0 Å². The van der Waals surface area contributed by atoms with Crippen LogP contribution in [0.25, 0.3) is 0 Å². The van der Waals surface area contributed by atoms with Gasteiger partial charge in [-0.15, -0.1) is 0 Å². The minimum Gasteiger partial charge on any atom is -0.375 e. The van der Waals surface area contributed by atoms with Crippen molar-refractivity contribution >= 4 is 27.5 Å². The van der Waals surface area contributed by atoms with Crippen LogP contribution in [0.5, 0.6) is 0 Å². The first-order chi connectivity index (χ1) is 14.5. The molecule has 1 amide bonds. The predicted octanol–water partition coefficient (Wildman–Crippen LogP) is 3.85. The molecule has 1 aliphatic rings. The average Bonchev–Trinajstić information content (AvgIpc) is 3.04. The SMILES string of the molecule is O=C(NCCOCc1ccccc1)c1cc(S(=O)(=O)N2CCCCCC2)ccc1Cl. The number of hydrogen-bond acceptors (Lipinski definition) is 4. The monoisotopic (exact) mass is 450 g/mol. The first-order valence-electron chi connectivity index (χ1n) is 10.2. The number of ether oxygens (including phenoxy) is 1. The molecule has 1 N–H and O–H groups in total. The summed E-state index contributed by atoms with van der Waals surface area (Å²) in [5.41, 5.74) is 1.20. The number of sulfonamides is 1. The summed E-state index contributed by atoms with van der Waals surface area (Å²) in [6, 6.07) is 14.0. The van der Waals surface area contributed by atoms with Gasteiger partial charge in [0.05, 0.1) is 28.7 Å². The number of carbonyl (C=O) groups is 1. The van der Waals surface area contributed by atoms with Crippen molar-refractivity contribution in [2.45, 2.75) is 37.2 Å². The van der Waals surface area contributed by atoms with Gasteiger partial charge in [0.2, 0.25) is 10.0 Å². The first kappa shape index (κ1) is 22.7. The largest absolute Gasteiger partial charge is 0.375 e. The number of rotatable bonds is 8. The predicted molar refractivity (Wildman–Crippen MR) is 117 cm³/mol. The van der Waals surface area contributed by atoms with Crippen LogP contribution < -0.4 is 5.32 Å². The second-order valence-corrected chi connectivity index (χ2v) is 9.60. The van der Waals surface area contributed by atoms with Crippen molar-refractivity contribution in [2.75, 3.05) is 26.2 Å². The van der Waals surface area contributed by atoms with E-state index in [0.29, 0.717) is 32.8 Å². The molecule has 1 saturated heterocycles. The van der Waals surface area contributed by atoms with Gasteiger partial charge in [-0.1, -0.05) is 54.8 Å². The lowest BCUT2D eigenvalue weighted by atomic mass is 10.2. The van der Waals surface area contributed by atoms with Gasteiger partial charge in [0.25, 0.3) is 5.91 Å². The summed E-state index contributed by atoms with van der Waals surface area (Å²) >= 11 is 6.17. The summed E-state index contributed by atoms with van der Waals surface area (Å²) in [6.07, 6.45) is 3.77. The molecule has 1 heterocycles. The van der Waals surface area contributed by atoms with E-state index in [1.807, 2.05) is 30.3 Å². The van der Waals surface area contributed by atoms with Gasteiger partial charge in [-0.2, -0.15) is 4.31 Å². The Bertz CT molecular complexity index is 943. The molecular weight excluding hydrogens is 424 g/mol. The standard InChI is InChI=1S/C22H27ClN2O4S/c23-21-11-10-19(30(27,28)25-13-6-1-2-7-14-25)16-20(21)22(26)24-12-15-29-17-18-8-4-3-5-9-18/h3-5,8-11,16H,1-2,6-7,12-15,17H2,(H,24,26). The highest BCUT2D eigenvalue weighted by Gasteiger charge is 2.26. The fraction of sp³-hybridized carbons (Fsp3) is 0.409. The van der Waals surface area contributed by atoms with Crippen LogP contribution in [0.2, 0.25) is 5.02 Å². The van der Waals surface area contributed by atoms with Gasteiger partial charge >= 0.3 is 0 Å². The first-order valence-corrected chi connectivity index (χ1v) is 12.0. The lowest BCUT2D eigenvalue weighted by molar-refractivity contribution is 0.0901. The van der Waals surface area contributed by atoms with Crippen LogP contribution in [0, 0.1) is 0 Å². The maximum atomic E-state index is 13.0. The average molecular weight is 451 g/mol. The van der Waals surface area contributed by atoms with Gasteiger partial charge in [0, 0.05) is 19.6 Å². The van der Waals surface area contributed by atoms with Gasteiger partial charge in [-0.3, -0.25) is 4.79 Å². The van der Waals surface area contributed by atoms with Crippen LogP contribution in [0.3, 0.4) is 0 Å². The summed E-state index contributed by atoms with van der Waals surface area (Å²) in [4.78, 5) is 12.6. The highest BCUT2D eigenvalue weighted by atomic mass is 35.5. The molecular formula is C22H27ClN2O4S. The summed E-state index contributed by atoms with van der Waals surface area (Å²) in [5, 5.41) is 2.95. The quantitative estimate of drug-likeness (QED) is 0.620. The van der Waals surface area contributed by atoms with E-state index in [4.69, 9.17) is 16.3 Å². The smallest absolute Gasteiger partial charge is 0.252 e. The van der Waals surface area contributed by atoms with Crippen molar-refractivity contribution in [1.82, 2.24) is 9.62 Å². The maximum absolute atomic E-state index is 13.0. The summed E-state index contributed by atoms with van der Waals surface area (Å²) in [7, 11) is -3.65. The zero-order valence-corrected chi connectivity index (χ0v) is 18.4. The van der Waals surface area contributed by atoms with E-state index in [1.165, 1.54) is 22.5 Å². The third kappa shape index (κ3) is 6.04. The van der Waals surface area contributed by atoms with Gasteiger partial charge in [0.1, 0.15) is 0 Å². The Kier molecular flexibility index (Phi) is 8.27. The van der Waals surface area contributed by atoms with E-state index in [1.54, 1.807) is 0 Å². The zero-order valence-electron chi connectivity index (χ0n) is 16.8. The molecule has 6 nitrogen and oxygen atoms in total. The molecule has 8 heteroatoms. The van der Waals surface area contributed by atoms with E-state index in [-0.39, 0.29) is 15.5 Å². The molecule has 0 saturated carbocycles. The van der Waals surface area contributed by atoms with Crippen LogP contribution in [0.1, 0.15) is 41.6 Å². The molecule has 162 valence electrons. The molecule has 3 rings (SSSR count). The van der Waals surface area contributed by atoms with E-state index in [2.05, 4.69) is 5.32 Å². The van der Waals surface area contributed by atoms with E-state index in [0.717, 1.165) is 31.2 Å². The highest BCUT2D eigenvalue weighted by Crippen LogP contribution is 2.25. The molecule has 0 spiro atoms. The summed E-state index contributed by atoms with van der Waals surface area (Å²) < 4.78 is 33.0. The lowest BCUT2D eigenvalue weighted by Gasteiger charge is -2.20. The van der Waals surface area contributed by atoms with E-state index in [9.17, 15) is 13.2 Å². The topological polar surface area (TPSA) is 75.7 Å². The Labute approximate surface area is 183 Å². The zero-order chi connectivity index (χ0) is 21.4. The minimum atomic E-state index is -3.65. The molecule has 0 atom stereocenters. The van der Waals surface area contributed by atoms with Gasteiger partial charge in [-0.05, 0) is 36.6 Å². The van der Waals surface area contributed by atoms with Crippen LogP contribution >= 0.6 is 11.6 Å². The number of nitrogens with one attached hydrogen (secondary N) is 1. The van der Waals surface area contributed by atoms with Gasteiger partial charge < -0.3 is 10.1 Å². The van der Waals surface area contributed by atoms with Crippen molar-refractivity contribution in [3.8, 4) is 0 Å². The second kappa shape index (κ2) is 10.9. The molecule has 0 bridgehead atoms. The fourth-order valence-electron chi connectivity index (χ4n) is 3.37. The van der Waals surface area contributed by atoms with Crippen LogP contribution in [-0.4, -0.2) is 44.9 Å². The molecule has 2 aromatic carbocycles. The number of amides is 1. The van der Waals surface area contributed by atoms with Crippen LogP contribution in [0.4, 0.5) is 0 Å². The van der Waals surface area contributed by atoms with Crippen molar-refractivity contribution in [1.29, 1.82) is 0 Å². The Morgan fingerprint density at radius 3 is 2.43 bits per heavy atom. The molecule has 0 aromatic heterocycles. The Hall–Kier alpha value is -1.93. The lowest BCUT2D eigenvalue weighted by Crippen LogP contribution is -2.32. The molecule has 2 aromatic rings. The Morgan fingerprint density at radius 1 is 1.03 bits per heavy atom. The Morgan fingerprint density at radius 2 is 1.73 bits per heavy atom. The number of nitrogens with zero attached hydrogens (tertiary/aromatic N) is 1. The van der Waals surface area contributed by atoms with Crippen molar-refractivity contribution in [3.05, 3.63) is 64.7 Å². The Balaban J connectivity index is 1.59.